The molecule has 0 atom stereocenters. The van der Waals surface area contributed by atoms with Gasteiger partial charge in [0.15, 0.2) is 0 Å². The lowest BCUT2D eigenvalue weighted by Gasteiger charge is -2.32. The summed E-state index contributed by atoms with van der Waals surface area (Å²) >= 11 is 6.24. The van der Waals surface area contributed by atoms with Crippen LogP contribution in [-0.2, 0) is 17.6 Å². The number of anilines is 1. The van der Waals surface area contributed by atoms with Gasteiger partial charge in [-0.2, -0.15) is 0 Å². The van der Waals surface area contributed by atoms with Crippen LogP contribution in [0.2, 0.25) is 5.02 Å². The Labute approximate surface area is 235 Å². The summed E-state index contributed by atoms with van der Waals surface area (Å²) in [4.78, 5) is 38.3. The second kappa shape index (κ2) is 13.6. The number of nitrogens with zero attached hydrogens (tertiary/aromatic N) is 4. The van der Waals surface area contributed by atoms with Crippen molar-refractivity contribution in [2.75, 3.05) is 31.1 Å². The Morgan fingerprint density at radius 3 is 2.46 bits per heavy atom. The third-order valence-corrected chi connectivity index (χ3v) is 7.31. The molecule has 1 N–H and O–H groups in total. The molecule has 1 aromatic heterocycles. The molecule has 0 bridgehead atoms. The van der Waals surface area contributed by atoms with Crippen LogP contribution >= 0.6 is 11.6 Å². The quantitative estimate of drug-likeness (QED) is 0.328. The van der Waals surface area contributed by atoms with Gasteiger partial charge in [-0.1, -0.05) is 67.9 Å². The fraction of sp³-hybridized carbons (Fsp3) is 0.419. The molecule has 1 fully saturated rings. The van der Waals surface area contributed by atoms with E-state index in [-0.39, 0.29) is 24.8 Å². The van der Waals surface area contributed by atoms with E-state index in [0.29, 0.717) is 41.1 Å². The van der Waals surface area contributed by atoms with Crippen LogP contribution in [0.1, 0.15) is 60.3 Å². The summed E-state index contributed by atoms with van der Waals surface area (Å²) in [5.74, 6) is 0.265. The normalized spacial score (nSPS) is 14.0. The van der Waals surface area contributed by atoms with Gasteiger partial charge in [-0.25, -0.2) is 9.97 Å². The molecule has 1 saturated heterocycles. The van der Waals surface area contributed by atoms with Crippen LogP contribution in [0.15, 0.2) is 60.8 Å². The number of rotatable bonds is 11. The molecule has 0 unspecified atom stereocenters. The molecule has 2 aromatic carbocycles. The van der Waals surface area contributed by atoms with Gasteiger partial charge < -0.3 is 14.9 Å². The van der Waals surface area contributed by atoms with Gasteiger partial charge >= 0.3 is 5.97 Å². The number of amides is 1. The number of carbonyl (C=O) groups is 2. The first-order chi connectivity index (χ1) is 18.8. The molecule has 39 heavy (non-hydrogen) atoms. The molecule has 8 heteroatoms. The van der Waals surface area contributed by atoms with Crippen molar-refractivity contribution in [3.05, 3.63) is 88.2 Å². The molecule has 4 rings (SSSR count). The highest BCUT2D eigenvalue weighted by atomic mass is 35.5. The highest BCUT2D eigenvalue weighted by Crippen LogP contribution is 2.26. The van der Waals surface area contributed by atoms with Crippen molar-refractivity contribution in [1.29, 1.82) is 0 Å². The number of carbonyl (C=O) groups excluding carboxylic acids is 1. The Balaban J connectivity index is 1.56. The average molecular weight is 549 g/mol. The largest absolute Gasteiger partial charge is 0.481 e. The van der Waals surface area contributed by atoms with Crippen molar-refractivity contribution in [2.24, 2.45) is 11.8 Å². The van der Waals surface area contributed by atoms with E-state index in [1.54, 1.807) is 11.1 Å². The number of piperidine rings is 1. The maximum Gasteiger partial charge on any atom is 0.305 e. The lowest BCUT2D eigenvalue weighted by atomic mass is 9.90. The molecule has 206 valence electrons. The third kappa shape index (κ3) is 8.27. The molecule has 0 spiro atoms. The van der Waals surface area contributed by atoms with Crippen LogP contribution in [0.3, 0.4) is 0 Å². The molecule has 3 aromatic rings. The zero-order valence-electron chi connectivity index (χ0n) is 22.7. The molecule has 1 amide bonds. The van der Waals surface area contributed by atoms with Gasteiger partial charge in [-0.15, -0.1) is 0 Å². The Hall–Kier alpha value is -3.45. The van der Waals surface area contributed by atoms with Crippen molar-refractivity contribution < 1.29 is 14.7 Å². The Bertz CT molecular complexity index is 1260. The number of halogens is 1. The maximum absolute atomic E-state index is 13.7. The minimum Gasteiger partial charge on any atom is -0.481 e. The summed E-state index contributed by atoms with van der Waals surface area (Å²) in [5.41, 5.74) is 3.35. The van der Waals surface area contributed by atoms with Crippen LogP contribution in [0.4, 0.5) is 5.95 Å². The molecule has 0 saturated carbocycles. The summed E-state index contributed by atoms with van der Waals surface area (Å²) in [7, 11) is 0. The van der Waals surface area contributed by atoms with E-state index in [1.165, 1.54) is 5.56 Å². The van der Waals surface area contributed by atoms with E-state index in [1.807, 2.05) is 44.2 Å². The van der Waals surface area contributed by atoms with Gasteiger partial charge in [0, 0.05) is 43.8 Å². The number of hydrogen-bond acceptors (Lipinski definition) is 5. The maximum atomic E-state index is 13.7. The lowest BCUT2D eigenvalue weighted by Crippen LogP contribution is -2.38. The van der Waals surface area contributed by atoms with Gasteiger partial charge in [-0.05, 0) is 54.4 Å². The number of carboxylic acid groups (broad SMARTS) is 1. The minimum atomic E-state index is -0.932. The number of hydrogen-bond donors (Lipinski definition) is 1. The first-order valence-electron chi connectivity index (χ1n) is 13.7. The molecule has 1 aliphatic rings. The van der Waals surface area contributed by atoms with Crippen molar-refractivity contribution in [3.8, 4) is 0 Å². The Morgan fingerprint density at radius 1 is 1.08 bits per heavy atom. The van der Waals surface area contributed by atoms with Crippen LogP contribution in [0.5, 0.6) is 0 Å². The molecule has 7 nitrogen and oxygen atoms in total. The monoisotopic (exact) mass is 548 g/mol. The standard InChI is InChI=1S/C31H37ClN4O3/c1-22(2)21-36(16-13-29(37)38)30(39)27-20-33-31(34-28(27)19-25-9-6-10-26(32)18-25)35-14-11-24(12-15-35)17-23-7-4-3-5-8-23/h3-10,18,20,22,24H,11-17,19,21H2,1-2H3,(H,37,38). The topological polar surface area (TPSA) is 86.6 Å². The average Bonchev–Trinajstić information content (AvgIpc) is 2.91. The molecule has 2 heterocycles. The van der Waals surface area contributed by atoms with Crippen molar-refractivity contribution in [3.63, 3.8) is 0 Å². The Kier molecular flexibility index (Phi) is 9.93. The van der Waals surface area contributed by atoms with Crippen molar-refractivity contribution in [2.45, 2.75) is 46.0 Å². The van der Waals surface area contributed by atoms with Gasteiger partial charge in [0.1, 0.15) is 0 Å². The molecule has 1 aliphatic heterocycles. The molecular weight excluding hydrogens is 512 g/mol. The summed E-state index contributed by atoms with van der Waals surface area (Å²) in [6, 6.07) is 18.1. The van der Waals surface area contributed by atoms with E-state index in [9.17, 15) is 14.7 Å². The van der Waals surface area contributed by atoms with Crippen LogP contribution in [0, 0.1) is 11.8 Å². The third-order valence-electron chi connectivity index (χ3n) is 7.08. The van der Waals surface area contributed by atoms with Crippen LogP contribution in [-0.4, -0.2) is 58.0 Å². The molecule has 0 aliphatic carbocycles. The zero-order chi connectivity index (χ0) is 27.8. The van der Waals surface area contributed by atoms with Gasteiger partial charge in [0.05, 0.1) is 17.7 Å². The fourth-order valence-electron chi connectivity index (χ4n) is 5.11. The molecule has 0 radical (unpaired) electrons. The SMILES string of the molecule is CC(C)CN(CCC(=O)O)C(=O)c1cnc(N2CCC(Cc3ccccc3)CC2)nc1Cc1cccc(Cl)c1. The van der Waals surface area contributed by atoms with Gasteiger partial charge in [-0.3, -0.25) is 9.59 Å². The first kappa shape index (κ1) is 28.6. The Morgan fingerprint density at radius 2 is 1.79 bits per heavy atom. The summed E-state index contributed by atoms with van der Waals surface area (Å²) in [6.45, 7) is 6.34. The first-order valence-corrected chi connectivity index (χ1v) is 14.1. The van der Waals surface area contributed by atoms with Crippen molar-refractivity contribution >= 4 is 29.4 Å². The van der Waals surface area contributed by atoms with E-state index < -0.39 is 5.97 Å². The fourth-order valence-corrected chi connectivity index (χ4v) is 5.33. The van der Waals surface area contributed by atoms with E-state index in [2.05, 4.69) is 34.1 Å². The second-order valence-electron chi connectivity index (χ2n) is 10.7. The number of benzene rings is 2. The number of aliphatic carboxylic acids is 1. The predicted molar refractivity (Wildman–Crippen MR) is 154 cm³/mol. The molecular formula is C31H37ClN4O3. The summed E-state index contributed by atoms with van der Waals surface area (Å²) in [6.07, 6.45) is 5.12. The number of aromatic nitrogens is 2. The van der Waals surface area contributed by atoms with Gasteiger partial charge in [0.2, 0.25) is 5.95 Å². The minimum absolute atomic E-state index is 0.112. The smallest absolute Gasteiger partial charge is 0.305 e. The lowest BCUT2D eigenvalue weighted by molar-refractivity contribution is -0.137. The second-order valence-corrected chi connectivity index (χ2v) is 11.2. The van der Waals surface area contributed by atoms with E-state index in [0.717, 1.165) is 37.9 Å². The highest BCUT2D eigenvalue weighted by molar-refractivity contribution is 6.30. The summed E-state index contributed by atoms with van der Waals surface area (Å²) in [5, 5.41) is 9.85. The number of carboxylic acids is 1. The zero-order valence-corrected chi connectivity index (χ0v) is 23.5. The van der Waals surface area contributed by atoms with Crippen molar-refractivity contribution in [1.82, 2.24) is 14.9 Å². The predicted octanol–water partition coefficient (Wildman–Crippen LogP) is 5.75. The van der Waals surface area contributed by atoms with Crippen LogP contribution in [0.25, 0.3) is 0 Å². The van der Waals surface area contributed by atoms with Gasteiger partial charge in [0.25, 0.3) is 5.91 Å². The van der Waals surface area contributed by atoms with Crippen LogP contribution < -0.4 is 4.90 Å². The van der Waals surface area contributed by atoms with E-state index >= 15 is 0 Å². The summed E-state index contributed by atoms with van der Waals surface area (Å²) < 4.78 is 0. The highest BCUT2D eigenvalue weighted by Gasteiger charge is 2.26. The van der Waals surface area contributed by atoms with E-state index in [4.69, 9.17) is 16.6 Å².